The number of rotatable bonds is 9. The lowest BCUT2D eigenvalue weighted by Gasteiger charge is -2.11. The van der Waals surface area contributed by atoms with E-state index in [2.05, 4.69) is 31.0 Å². The van der Waals surface area contributed by atoms with Crippen molar-refractivity contribution in [2.45, 2.75) is 19.3 Å². The number of nitrogens with one attached hydrogen (secondary N) is 3. The van der Waals surface area contributed by atoms with Gasteiger partial charge in [0, 0.05) is 38.5 Å². The van der Waals surface area contributed by atoms with E-state index >= 15 is 0 Å². The molecule has 2 amide bonds. The molecule has 0 aliphatic carbocycles. The van der Waals surface area contributed by atoms with E-state index < -0.39 is 23.7 Å². The maximum atomic E-state index is 12.9. The van der Waals surface area contributed by atoms with Crippen LogP contribution in [0.15, 0.2) is 54.9 Å². The summed E-state index contributed by atoms with van der Waals surface area (Å²) in [5.74, 6) is -0.860. The number of carbonyl (C=O) groups excluding carboxylic acids is 3. The van der Waals surface area contributed by atoms with Crippen molar-refractivity contribution in [1.82, 2.24) is 30.2 Å². The first kappa shape index (κ1) is 26.1. The molecular formula is C24H20F3N7O4. The minimum Gasteiger partial charge on any atom is -0.427 e. The van der Waals surface area contributed by atoms with Gasteiger partial charge >= 0.3 is 6.18 Å². The molecule has 0 bridgehead atoms. The molecule has 0 unspecified atom stereocenters. The molecule has 1 aromatic carbocycles. The van der Waals surface area contributed by atoms with Crippen molar-refractivity contribution in [3.05, 3.63) is 83.1 Å². The highest BCUT2D eigenvalue weighted by Crippen LogP contribution is 2.27. The SMILES string of the molecule is CNc1cc(CNC(=O)c2cc(C(=O)NCc3ccc(C(F)(F)F)nc3)n3nccc3n2)ccc1OC=O. The molecular weight excluding hydrogens is 507 g/mol. The molecule has 0 spiro atoms. The minimum atomic E-state index is -4.56. The van der Waals surface area contributed by atoms with Crippen molar-refractivity contribution in [2.75, 3.05) is 12.4 Å². The standard InChI is InChI=1S/C24H20F3N7O4/c1-28-16-8-14(2-4-19(16)38-13-35)10-30-22(36)17-9-18(34-21(33-17)6-7-32-34)23(37)31-12-15-3-5-20(29-11-15)24(25,26)27/h2-9,11,13,28H,10,12H2,1H3,(H,30,36)(H,31,37). The Labute approximate surface area is 213 Å². The number of pyridine rings is 1. The second-order valence-corrected chi connectivity index (χ2v) is 7.84. The van der Waals surface area contributed by atoms with Crippen LogP contribution in [0.2, 0.25) is 0 Å². The van der Waals surface area contributed by atoms with Crippen molar-refractivity contribution >= 4 is 29.6 Å². The fraction of sp³-hybridized carbons (Fsp3) is 0.167. The van der Waals surface area contributed by atoms with E-state index in [4.69, 9.17) is 4.74 Å². The number of carbonyl (C=O) groups is 3. The predicted octanol–water partition coefficient (Wildman–Crippen LogP) is 2.58. The Hall–Kier alpha value is -5.01. The van der Waals surface area contributed by atoms with E-state index in [0.717, 1.165) is 12.3 Å². The summed E-state index contributed by atoms with van der Waals surface area (Å²) in [6.45, 7) is 0.321. The topological polar surface area (TPSA) is 140 Å². The highest BCUT2D eigenvalue weighted by molar-refractivity contribution is 5.98. The molecule has 0 aliphatic heterocycles. The number of nitrogens with zero attached hydrogens (tertiary/aromatic N) is 4. The van der Waals surface area contributed by atoms with Crippen LogP contribution in [0.5, 0.6) is 5.75 Å². The molecule has 0 fully saturated rings. The van der Waals surface area contributed by atoms with Crippen molar-refractivity contribution in [2.24, 2.45) is 0 Å². The monoisotopic (exact) mass is 527 g/mol. The highest BCUT2D eigenvalue weighted by Gasteiger charge is 2.32. The first-order valence-electron chi connectivity index (χ1n) is 11.0. The van der Waals surface area contributed by atoms with Gasteiger partial charge in [-0.05, 0) is 29.3 Å². The molecule has 0 saturated carbocycles. The van der Waals surface area contributed by atoms with Crippen LogP contribution in [-0.4, -0.2) is 44.9 Å². The Balaban J connectivity index is 1.47. The molecule has 0 radical (unpaired) electrons. The number of hydrogen-bond donors (Lipinski definition) is 3. The fourth-order valence-electron chi connectivity index (χ4n) is 3.47. The van der Waals surface area contributed by atoms with Gasteiger partial charge in [-0.3, -0.25) is 19.4 Å². The van der Waals surface area contributed by atoms with Gasteiger partial charge in [0.25, 0.3) is 18.3 Å². The van der Waals surface area contributed by atoms with E-state index in [0.29, 0.717) is 29.0 Å². The van der Waals surface area contributed by atoms with Gasteiger partial charge in [-0.25, -0.2) is 9.50 Å². The second-order valence-electron chi connectivity index (χ2n) is 7.84. The van der Waals surface area contributed by atoms with Crippen molar-refractivity contribution in [3.63, 3.8) is 0 Å². The van der Waals surface area contributed by atoms with E-state index in [1.165, 1.54) is 28.9 Å². The molecule has 3 N–H and O–H groups in total. The van der Waals surface area contributed by atoms with Crippen LogP contribution in [-0.2, 0) is 24.1 Å². The Kier molecular flexibility index (Phi) is 7.50. The summed E-state index contributed by atoms with van der Waals surface area (Å²) in [7, 11) is 1.65. The van der Waals surface area contributed by atoms with Crippen LogP contribution in [0.25, 0.3) is 5.65 Å². The summed E-state index contributed by atoms with van der Waals surface area (Å²) in [4.78, 5) is 44.0. The smallest absolute Gasteiger partial charge is 0.427 e. The highest BCUT2D eigenvalue weighted by atomic mass is 19.4. The van der Waals surface area contributed by atoms with Gasteiger partial charge in [0.1, 0.15) is 17.1 Å². The average molecular weight is 527 g/mol. The van der Waals surface area contributed by atoms with Gasteiger partial charge in [0.05, 0.1) is 11.9 Å². The first-order valence-corrected chi connectivity index (χ1v) is 11.0. The predicted molar refractivity (Wildman–Crippen MR) is 127 cm³/mol. The third-order valence-corrected chi connectivity index (χ3v) is 5.33. The van der Waals surface area contributed by atoms with Crippen molar-refractivity contribution in [3.8, 4) is 5.75 Å². The molecule has 0 atom stereocenters. The summed E-state index contributed by atoms with van der Waals surface area (Å²) in [5.41, 5.74) is 0.752. The number of hydrogen-bond acceptors (Lipinski definition) is 8. The summed E-state index contributed by atoms with van der Waals surface area (Å²) in [5, 5.41) is 12.2. The Bertz CT molecular complexity index is 1490. The molecule has 3 heterocycles. The molecule has 0 aliphatic rings. The molecule has 11 nitrogen and oxygen atoms in total. The second kappa shape index (κ2) is 10.9. The van der Waals surface area contributed by atoms with Crippen LogP contribution >= 0.6 is 0 Å². The number of anilines is 1. The normalized spacial score (nSPS) is 11.2. The van der Waals surface area contributed by atoms with Crippen molar-refractivity contribution < 1.29 is 32.3 Å². The Morgan fingerprint density at radius 2 is 1.76 bits per heavy atom. The first-order chi connectivity index (χ1) is 18.2. The number of ether oxygens (including phenoxy) is 1. The molecule has 3 aromatic heterocycles. The summed E-state index contributed by atoms with van der Waals surface area (Å²) < 4.78 is 44.2. The van der Waals surface area contributed by atoms with Crippen LogP contribution in [0, 0.1) is 0 Å². The van der Waals surface area contributed by atoms with Gasteiger partial charge in [-0.15, -0.1) is 0 Å². The number of alkyl halides is 3. The largest absolute Gasteiger partial charge is 0.433 e. The Morgan fingerprint density at radius 1 is 1.03 bits per heavy atom. The fourth-order valence-corrected chi connectivity index (χ4v) is 3.47. The summed E-state index contributed by atoms with van der Waals surface area (Å²) in [6.07, 6.45) is -2.14. The maximum absolute atomic E-state index is 12.9. The van der Waals surface area contributed by atoms with Crippen LogP contribution in [0.3, 0.4) is 0 Å². The zero-order chi connectivity index (χ0) is 27.3. The maximum Gasteiger partial charge on any atom is 0.433 e. The molecule has 38 heavy (non-hydrogen) atoms. The minimum absolute atomic E-state index is 0.00199. The van der Waals surface area contributed by atoms with Crippen LogP contribution in [0.1, 0.15) is 37.8 Å². The lowest BCUT2D eigenvalue weighted by atomic mass is 10.1. The number of fused-ring (bicyclic) bond motifs is 1. The van der Waals surface area contributed by atoms with Gasteiger partial charge in [0.2, 0.25) is 0 Å². The lowest BCUT2D eigenvalue weighted by molar-refractivity contribution is -0.141. The van der Waals surface area contributed by atoms with Crippen LogP contribution in [0.4, 0.5) is 18.9 Å². The Morgan fingerprint density at radius 3 is 2.45 bits per heavy atom. The average Bonchev–Trinajstić information content (AvgIpc) is 3.39. The van der Waals surface area contributed by atoms with E-state index in [-0.39, 0.29) is 30.1 Å². The number of benzene rings is 1. The zero-order valence-corrected chi connectivity index (χ0v) is 19.7. The van der Waals surface area contributed by atoms with Crippen molar-refractivity contribution in [1.29, 1.82) is 0 Å². The van der Waals surface area contributed by atoms with Crippen LogP contribution < -0.4 is 20.7 Å². The van der Waals surface area contributed by atoms with E-state index in [9.17, 15) is 27.6 Å². The number of amides is 2. The van der Waals surface area contributed by atoms with E-state index in [1.54, 1.807) is 25.2 Å². The van der Waals surface area contributed by atoms with Gasteiger partial charge in [0.15, 0.2) is 11.4 Å². The molecule has 4 rings (SSSR count). The molecule has 196 valence electrons. The van der Waals surface area contributed by atoms with Gasteiger partial charge in [-0.1, -0.05) is 12.1 Å². The summed E-state index contributed by atoms with van der Waals surface area (Å²) >= 11 is 0. The van der Waals surface area contributed by atoms with Gasteiger partial charge < -0.3 is 20.7 Å². The molecule has 14 heteroatoms. The molecule has 0 saturated heterocycles. The lowest BCUT2D eigenvalue weighted by Crippen LogP contribution is -2.28. The zero-order valence-electron chi connectivity index (χ0n) is 19.7. The molecule has 4 aromatic rings. The van der Waals surface area contributed by atoms with Gasteiger partial charge in [-0.2, -0.15) is 18.3 Å². The number of aromatic nitrogens is 4. The third kappa shape index (κ3) is 5.86. The quantitative estimate of drug-likeness (QED) is 0.282. The van der Waals surface area contributed by atoms with E-state index in [1.807, 2.05) is 0 Å². The third-order valence-electron chi connectivity index (χ3n) is 5.33. The summed E-state index contributed by atoms with van der Waals surface area (Å²) in [6, 6.07) is 9.75. The number of halogens is 3.